The molecule has 2 aromatic carbocycles. The van der Waals surface area contributed by atoms with Crippen molar-refractivity contribution in [1.82, 2.24) is 14.7 Å². The van der Waals surface area contributed by atoms with Crippen molar-refractivity contribution in [2.24, 2.45) is 0 Å². The minimum atomic E-state index is 0.467. The van der Waals surface area contributed by atoms with Crippen molar-refractivity contribution < 1.29 is 0 Å². The van der Waals surface area contributed by atoms with Crippen molar-refractivity contribution in [1.29, 1.82) is 0 Å². The highest BCUT2D eigenvalue weighted by Gasteiger charge is 2.22. The SMILES string of the molecule is CCc1cccc(CN(Cc2c(C)cccc2C)C(CN(C)C)CN(C)C)c1. The zero-order chi connectivity index (χ0) is 20.7. The minimum Gasteiger partial charge on any atom is -0.308 e. The van der Waals surface area contributed by atoms with E-state index in [9.17, 15) is 0 Å². The highest BCUT2D eigenvalue weighted by Crippen LogP contribution is 2.20. The predicted octanol–water partition coefficient (Wildman–Crippen LogP) is 4.36. The summed E-state index contributed by atoms with van der Waals surface area (Å²) in [5, 5.41) is 0. The number of benzene rings is 2. The van der Waals surface area contributed by atoms with Gasteiger partial charge in [-0.05, 0) is 76.3 Å². The van der Waals surface area contributed by atoms with E-state index < -0.39 is 0 Å². The predicted molar refractivity (Wildman–Crippen MR) is 122 cm³/mol. The standard InChI is InChI=1S/C25H39N3/c1-8-22-13-10-14-23(15-22)16-28(24(17-26(4)5)18-27(6)7)19-25-20(2)11-9-12-21(25)3/h9-15,24H,8,16-19H2,1-7H3. The first-order valence-corrected chi connectivity index (χ1v) is 10.5. The Morgan fingerprint density at radius 3 is 1.82 bits per heavy atom. The van der Waals surface area contributed by atoms with E-state index in [-0.39, 0.29) is 0 Å². The molecule has 0 saturated carbocycles. The van der Waals surface area contributed by atoms with Gasteiger partial charge in [-0.1, -0.05) is 49.4 Å². The molecule has 2 aromatic rings. The molecule has 28 heavy (non-hydrogen) atoms. The van der Waals surface area contributed by atoms with Crippen LogP contribution in [0.5, 0.6) is 0 Å². The zero-order valence-electron chi connectivity index (χ0n) is 19.0. The lowest BCUT2D eigenvalue weighted by atomic mass is 10.0. The summed E-state index contributed by atoms with van der Waals surface area (Å²) in [5.41, 5.74) is 7.08. The van der Waals surface area contributed by atoms with E-state index in [0.717, 1.165) is 32.6 Å². The quantitative estimate of drug-likeness (QED) is 0.605. The van der Waals surface area contributed by atoms with Gasteiger partial charge in [-0.2, -0.15) is 0 Å². The molecule has 0 aromatic heterocycles. The number of rotatable bonds is 10. The lowest BCUT2D eigenvalue weighted by molar-refractivity contribution is 0.119. The Balaban J connectivity index is 2.37. The number of hydrogen-bond acceptors (Lipinski definition) is 3. The van der Waals surface area contributed by atoms with Gasteiger partial charge in [-0.3, -0.25) is 4.90 Å². The third-order valence-corrected chi connectivity index (χ3v) is 5.46. The molecule has 0 radical (unpaired) electrons. The van der Waals surface area contributed by atoms with Gasteiger partial charge in [0.05, 0.1) is 0 Å². The van der Waals surface area contributed by atoms with Gasteiger partial charge < -0.3 is 9.80 Å². The van der Waals surface area contributed by atoms with Crippen LogP contribution in [0.1, 0.15) is 34.7 Å². The zero-order valence-corrected chi connectivity index (χ0v) is 19.0. The number of likely N-dealkylation sites (N-methyl/N-ethyl adjacent to an activating group) is 2. The summed E-state index contributed by atoms with van der Waals surface area (Å²) in [5.74, 6) is 0. The lowest BCUT2D eigenvalue weighted by Gasteiger charge is -2.36. The van der Waals surface area contributed by atoms with E-state index in [4.69, 9.17) is 0 Å². The maximum absolute atomic E-state index is 2.67. The molecule has 3 nitrogen and oxygen atoms in total. The average molecular weight is 382 g/mol. The molecular formula is C25H39N3. The number of aryl methyl sites for hydroxylation is 3. The molecule has 0 amide bonds. The summed E-state index contributed by atoms with van der Waals surface area (Å²) in [6.07, 6.45) is 1.09. The molecule has 0 unspecified atom stereocenters. The second-order valence-corrected chi connectivity index (χ2v) is 8.63. The number of nitrogens with zero attached hydrogens (tertiary/aromatic N) is 3. The Morgan fingerprint density at radius 1 is 0.750 bits per heavy atom. The third-order valence-electron chi connectivity index (χ3n) is 5.46. The molecule has 0 spiro atoms. The third kappa shape index (κ3) is 6.73. The van der Waals surface area contributed by atoms with Crippen LogP contribution in [0.25, 0.3) is 0 Å². The van der Waals surface area contributed by atoms with E-state index in [1.165, 1.54) is 27.8 Å². The van der Waals surface area contributed by atoms with Crippen molar-refractivity contribution in [3.05, 3.63) is 70.3 Å². The van der Waals surface area contributed by atoms with E-state index in [1.807, 2.05) is 0 Å². The van der Waals surface area contributed by atoms with Crippen LogP contribution in [0, 0.1) is 13.8 Å². The lowest BCUT2D eigenvalue weighted by Crippen LogP contribution is -2.47. The first kappa shape index (κ1) is 22.6. The maximum Gasteiger partial charge on any atom is 0.0357 e. The molecule has 2 rings (SSSR count). The monoisotopic (exact) mass is 381 g/mol. The summed E-state index contributed by atoms with van der Waals surface area (Å²) < 4.78 is 0. The van der Waals surface area contributed by atoms with Crippen LogP contribution in [0.15, 0.2) is 42.5 Å². The van der Waals surface area contributed by atoms with Gasteiger partial charge in [0.25, 0.3) is 0 Å². The summed E-state index contributed by atoms with van der Waals surface area (Å²) in [6, 6.07) is 16.2. The summed E-state index contributed by atoms with van der Waals surface area (Å²) in [6.45, 7) is 10.8. The van der Waals surface area contributed by atoms with E-state index in [1.54, 1.807) is 0 Å². The molecule has 0 aliphatic carbocycles. The molecule has 0 atom stereocenters. The van der Waals surface area contributed by atoms with Crippen LogP contribution >= 0.6 is 0 Å². The van der Waals surface area contributed by atoms with Gasteiger partial charge in [-0.15, -0.1) is 0 Å². The smallest absolute Gasteiger partial charge is 0.0357 e. The summed E-state index contributed by atoms with van der Waals surface area (Å²) in [7, 11) is 8.71. The maximum atomic E-state index is 2.67. The topological polar surface area (TPSA) is 9.72 Å². The van der Waals surface area contributed by atoms with Crippen molar-refractivity contribution in [3.63, 3.8) is 0 Å². The van der Waals surface area contributed by atoms with E-state index in [2.05, 4.69) is 106 Å². The molecule has 0 heterocycles. The molecule has 3 heteroatoms. The molecule has 0 saturated heterocycles. The number of hydrogen-bond donors (Lipinski definition) is 0. The van der Waals surface area contributed by atoms with E-state index >= 15 is 0 Å². The first-order chi connectivity index (χ1) is 13.3. The average Bonchev–Trinajstić information content (AvgIpc) is 2.62. The molecule has 0 aliphatic rings. The van der Waals surface area contributed by atoms with E-state index in [0.29, 0.717) is 6.04 Å². The molecular weight excluding hydrogens is 342 g/mol. The fraction of sp³-hybridized carbons (Fsp3) is 0.520. The van der Waals surface area contributed by atoms with Crippen LogP contribution in [0.3, 0.4) is 0 Å². The second kappa shape index (κ2) is 10.8. The normalized spacial score (nSPS) is 12.0. The molecule has 0 N–H and O–H groups in total. The fourth-order valence-electron chi connectivity index (χ4n) is 3.93. The summed E-state index contributed by atoms with van der Waals surface area (Å²) in [4.78, 5) is 7.30. The van der Waals surface area contributed by atoms with Crippen LogP contribution < -0.4 is 0 Å². The highest BCUT2D eigenvalue weighted by molar-refractivity contribution is 5.33. The summed E-state index contributed by atoms with van der Waals surface area (Å²) >= 11 is 0. The molecule has 0 fully saturated rings. The highest BCUT2D eigenvalue weighted by atomic mass is 15.2. The van der Waals surface area contributed by atoms with Crippen molar-refractivity contribution in [2.45, 2.75) is 46.3 Å². The molecule has 0 aliphatic heterocycles. The van der Waals surface area contributed by atoms with Gasteiger partial charge >= 0.3 is 0 Å². The Hall–Kier alpha value is -1.68. The van der Waals surface area contributed by atoms with Gasteiger partial charge in [-0.25, -0.2) is 0 Å². The Bertz CT molecular complexity index is 706. The largest absolute Gasteiger partial charge is 0.308 e. The van der Waals surface area contributed by atoms with Gasteiger partial charge in [0.2, 0.25) is 0 Å². The first-order valence-electron chi connectivity index (χ1n) is 10.5. The van der Waals surface area contributed by atoms with Crippen molar-refractivity contribution in [2.75, 3.05) is 41.3 Å². The van der Waals surface area contributed by atoms with Gasteiger partial charge in [0.15, 0.2) is 0 Å². The fourth-order valence-corrected chi connectivity index (χ4v) is 3.93. The van der Waals surface area contributed by atoms with Crippen LogP contribution in [-0.4, -0.2) is 62.0 Å². The van der Waals surface area contributed by atoms with Gasteiger partial charge in [0.1, 0.15) is 0 Å². The molecule has 0 bridgehead atoms. The van der Waals surface area contributed by atoms with Crippen LogP contribution in [-0.2, 0) is 19.5 Å². The van der Waals surface area contributed by atoms with Crippen LogP contribution in [0.2, 0.25) is 0 Å². The Morgan fingerprint density at radius 2 is 1.29 bits per heavy atom. The molecule has 154 valence electrons. The second-order valence-electron chi connectivity index (χ2n) is 8.63. The Kier molecular flexibility index (Phi) is 8.68. The van der Waals surface area contributed by atoms with Crippen molar-refractivity contribution in [3.8, 4) is 0 Å². The minimum absolute atomic E-state index is 0.467. The Labute approximate surface area is 173 Å². The van der Waals surface area contributed by atoms with Gasteiger partial charge in [0, 0.05) is 32.2 Å². The van der Waals surface area contributed by atoms with Crippen LogP contribution in [0.4, 0.5) is 0 Å². The van der Waals surface area contributed by atoms with Crippen molar-refractivity contribution >= 4 is 0 Å².